The minimum atomic E-state index is -3.45. The molecule has 0 radical (unpaired) electrons. The molecule has 1 heterocycles. The van der Waals surface area contributed by atoms with Crippen LogP contribution in [0, 0.1) is 5.41 Å². The lowest BCUT2D eigenvalue weighted by molar-refractivity contribution is 0.213. The second kappa shape index (κ2) is 6.73. The molecule has 22 heavy (non-hydrogen) atoms. The Bertz CT molecular complexity index is 737. The van der Waals surface area contributed by atoms with Gasteiger partial charge >= 0.3 is 0 Å². The van der Waals surface area contributed by atoms with E-state index in [-0.39, 0.29) is 17.8 Å². The molecule has 120 valence electrons. The molecular weight excluding hydrogens is 300 g/mol. The van der Waals surface area contributed by atoms with Crippen molar-refractivity contribution in [2.45, 2.75) is 26.0 Å². The highest BCUT2D eigenvalue weighted by Crippen LogP contribution is 2.20. The standard InChI is InChI=1S/C16H22N2O3S/c1-16(2,8-10-19)12-18-22(20,21)11-14-6-3-5-13-7-4-9-17-15(13)14/h3-7,9,18-19H,8,10-12H2,1-2H3. The molecule has 5 nitrogen and oxygen atoms in total. The third-order valence-electron chi connectivity index (χ3n) is 3.62. The van der Waals surface area contributed by atoms with Crippen molar-refractivity contribution in [2.75, 3.05) is 13.2 Å². The Morgan fingerprint density at radius 3 is 2.68 bits per heavy atom. The van der Waals surface area contributed by atoms with Crippen LogP contribution in [0.15, 0.2) is 36.5 Å². The smallest absolute Gasteiger partial charge is 0.215 e. The molecule has 0 aliphatic rings. The summed E-state index contributed by atoms with van der Waals surface area (Å²) >= 11 is 0. The molecule has 0 atom stereocenters. The van der Waals surface area contributed by atoms with Gasteiger partial charge in [-0.25, -0.2) is 13.1 Å². The third kappa shape index (κ3) is 4.50. The highest BCUT2D eigenvalue weighted by Gasteiger charge is 2.21. The zero-order valence-corrected chi connectivity index (χ0v) is 13.7. The number of fused-ring (bicyclic) bond motifs is 1. The van der Waals surface area contributed by atoms with E-state index >= 15 is 0 Å². The molecule has 2 aromatic rings. The number of para-hydroxylation sites is 1. The quantitative estimate of drug-likeness (QED) is 0.818. The van der Waals surface area contributed by atoms with Gasteiger partial charge in [0.05, 0.1) is 11.3 Å². The average molecular weight is 322 g/mol. The molecule has 2 N–H and O–H groups in total. The fraction of sp³-hybridized carbons (Fsp3) is 0.438. The molecule has 0 spiro atoms. The van der Waals surface area contributed by atoms with Crippen molar-refractivity contribution in [1.82, 2.24) is 9.71 Å². The van der Waals surface area contributed by atoms with Gasteiger partial charge in [-0.05, 0) is 23.5 Å². The number of sulfonamides is 1. The lowest BCUT2D eigenvalue weighted by Crippen LogP contribution is -2.35. The van der Waals surface area contributed by atoms with Crippen LogP contribution in [0.3, 0.4) is 0 Å². The number of aliphatic hydroxyl groups excluding tert-OH is 1. The van der Waals surface area contributed by atoms with Crippen molar-refractivity contribution < 1.29 is 13.5 Å². The van der Waals surface area contributed by atoms with Gasteiger partial charge in [0.2, 0.25) is 10.0 Å². The zero-order chi connectivity index (χ0) is 16.2. The topological polar surface area (TPSA) is 79.3 Å². The minimum Gasteiger partial charge on any atom is -0.396 e. The van der Waals surface area contributed by atoms with E-state index in [1.165, 1.54) is 0 Å². The van der Waals surface area contributed by atoms with Crippen LogP contribution in [0.2, 0.25) is 0 Å². The summed E-state index contributed by atoms with van der Waals surface area (Å²) in [5.41, 5.74) is 1.12. The number of aromatic nitrogens is 1. The number of pyridine rings is 1. The van der Waals surface area contributed by atoms with Crippen LogP contribution in [0.1, 0.15) is 25.8 Å². The first-order chi connectivity index (χ1) is 10.3. The molecule has 0 fully saturated rings. The van der Waals surface area contributed by atoms with E-state index in [1.54, 1.807) is 12.3 Å². The van der Waals surface area contributed by atoms with Gasteiger partial charge in [0.1, 0.15) is 0 Å². The lowest BCUT2D eigenvalue weighted by Gasteiger charge is -2.23. The van der Waals surface area contributed by atoms with Crippen LogP contribution in [-0.4, -0.2) is 31.7 Å². The summed E-state index contributed by atoms with van der Waals surface area (Å²) in [4.78, 5) is 4.28. The van der Waals surface area contributed by atoms with E-state index in [1.807, 2.05) is 38.1 Å². The summed E-state index contributed by atoms with van der Waals surface area (Å²) in [5.74, 6) is -0.101. The van der Waals surface area contributed by atoms with Crippen molar-refractivity contribution in [3.63, 3.8) is 0 Å². The Morgan fingerprint density at radius 1 is 1.23 bits per heavy atom. The Kier molecular flexibility index (Phi) is 5.16. The van der Waals surface area contributed by atoms with Crippen LogP contribution in [0.25, 0.3) is 10.9 Å². The number of hydrogen-bond donors (Lipinski definition) is 2. The Morgan fingerprint density at radius 2 is 1.95 bits per heavy atom. The fourth-order valence-electron chi connectivity index (χ4n) is 2.24. The Balaban J connectivity index is 2.14. The maximum absolute atomic E-state index is 12.3. The van der Waals surface area contributed by atoms with E-state index in [0.29, 0.717) is 24.0 Å². The largest absolute Gasteiger partial charge is 0.396 e. The molecule has 1 aromatic heterocycles. The van der Waals surface area contributed by atoms with Crippen molar-refractivity contribution in [3.8, 4) is 0 Å². The highest BCUT2D eigenvalue weighted by molar-refractivity contribution is 7.88. The summed E-state index contributed by atoms with van der Waals surface area (Å²) in [7, 11) is -3.45. The van der Waals surface area contributed by atoms with E-state index in [4.69, 9.17) is 5.11 Å². The van der Waals surface area contributed by atoms with E-state index in [9.17, 15) is 8.42 Å². The first-order valence-corrected chi connectivity index (χ1v) is 8.89. The summed E-state index contributed by atoms with van der Waals surface area (Å²) in [6.07, 6.45) is 2.21. The molecule has 6 heteroatoms. The predicted octanol–water partition coefficient (Wildman–Crippen LogP) is 2.06. The number of nitrogens with one attached hydrogen (secondary N) is 1. The molecular formula is C16H22N2O3S. The van der Waals surface area contributed by atoms with E-state index < -0.39 is 10.0 Å². The van der Waals surface area contributed by atoms with Gasteiger partial charge in [0.15, 0.2) is 0 Å². The number of aliphatic hydroxyl groups is 1. The normalized spacial score (nSPS) is 12.7. The highest BCUT2D eigenvalue weighted by atomic mass is 32.2. The van der Waals surface area contributed by atoms with Crippen LogP contribution in [0.5, 0.6) is 0 Å². The molecule has 0 bridgehead atoms. The first kappa shape index (κ1) is 16.9. The van der Waals surface area contributed by atoms with Gasteiger partial charge in [-0.2, -0.15) is 0 Å². The van der Waals surface area contributed by atoms with Crippen molar-refractivity contribution >= 4 is 20.9 Å². The molecule has 0 aliphatic heterocycles. The van der Waals surface area contributed by atoms with Crippen LogP contribution in [-0.2, 0) is 15.8 Å². The molecule has 0 saturated heterocycles. The maximum Gasteiger partial charge on any atom is 0.215 e. The third-order valence-corrected chi connectivity index (χ3v) is 4.90. The van der Waals surface area contributed by atoms with Gasteiger partial charge in [-0.15, -0.1) is 0 Å². The van der Waals surface area contributed by atoms with E-state index in [2.05, 4.69) is 9.71 Å². The number of hydrogen-bond acceptors (Lipinski definition) is 4. The van der Waals surface area contributed by atoms with Gasteiger partial charge in [-0.3, -0.25) is 4.98 Å². The summed E-state index contributed by atoms with van der Waals surface area (Å²) in [6, 6.07) is 9.28. The molecule has 0 saturated carbocycles. The van der Waals surface area contributed by atoms with Crippen molar-refractivity contribution in [3.05, 3.63) is 42.1 Å². The van der Waals surface area contributed by atoms with Gasteiger partial charge < -0.3 is 5.11 Å². The second-order valence-corrected chi connectivity index (χ2v) is 8.02. The Hall–Kier alpha value is -1.50. The van der Waals surface area contributed by atoms with Gasteiger partial charge in [-0.1, -0.05) is 38.1 Å². The van der Waals surface area contributed by atoms with Crippen LogP contribution >= 0.6 is 0 Å². The average Bonchev–Trinajstić information content (AvgIpc) is 2.46. The zero-order valence-electron chi connectivity index (χ0n) is 12.9. The number of nitrogens with zero attached hydrogens (tertiary/aromatic N) is 1. The summed E-state index contributed by atoms with van der Waals surface area (Å²) in [6.45, 7) is 4.19. The maximum atomic E-state index is 12.3. The molecule has 0 aliphatic carbocycles. The van der Waals surface area contributed by atoms with Crippen LogP contribution < -0.4 is 4.72 Å². The van der Waals surface area contributed by atoms with Crippen LogP contribution in [0.4, 0.5) is 0 Å². The van der Waals surface area contributed by atoms with Gasteiger partial charge in [0.25, 0.3) is 0 Å². The Labute approximate surface area is 131 Å². The number of rotatable bonds is 7. The molecule has 2 rings (SSSR count). The lowest BCUT2D eigenvalue weighted by atomic mass is 9.90. The predicted molar refractivity (Wildman–Crippen MR) is 87.9 cm³/mol. The monoisotopic (exact) mass is 322 g/mol. The second-order valence-electron chi connectivity index (χ2n) is 6.21. The first-order valence-electron chi connectivity index (χ1n) is 7.24. The molecule has 0 amide bonds. The van der Waals surface area contributed by atoms with E-state index in [0.717, 1.165) is 5.39 Å². The molecule has 1 aromatic carbocycles. The van der Waals surface area contributed by atoms with Crippen molar-refractivity contribution in [1.29, 1.82) is 0 Å². The van der Waals surface area contributed by atoms with Crippen molar-refractivity contribution in [2.24, 2.45) is 5.41 Å². The molecule has 0 unspecified atom stereocenters. The summed E-state index contributed by atoms with van der Waals surface area (Å²) < 4.78 is 27.2. The number of benzene rings is 1. The van der Waals surface area contributed by atoms with Gasteiger partial charge in [0, 0.05) is 24.7 Å². The summed E-state index contributed by atoms with van der Waals surface area (Å²) in [5, 5.41) is 9.93. The SMILES string of the molecule is CC(C)(CCO)CNS(=O)(=O)Cc1cccc2cccnc12. The fourth-order valence-corrected chi connectivity index (χ4v) is 3.59. The minimum absolute atomic E-state index is 0.0436.